The van der Waals surface area contributed by atoms with Gasteiger partial charge < -0.3 is 26.6 Å². The molecule has 2 amide bonds. The summed E-state index contributed by atoms with van der Waals surface area (Å²) in [7, 11) is 0. The number of nitrogen functional groups attached to an aromatic ring is 2. The Kier molecular flexibility index (Phi) is 9.34. The number of nitrogens with zero attached hydrogens (tertiary/aromatic N) is 5. The van der Waals surface area contributed by atoms with Gasteiger partial charge in [-0.25, -0.2) is 15.0 Å². The molecule has 1 atom stereocenters. The smallest absolute Gasteiger partial charge is 0.234 e. The van der Waals surface area contributed by atoms with Gasteiger partial charge in [-0.3, -0.25) is 14.9 Å². The second kappa shape index (κ2) is 13.4. The Morgan fingerprint density at radius 3 is 2.53 bits per heavy atom. The monoisotopic (exact) mass is 649 g/mol. The van der Waals surface area contributed by atoms with Crippen molar-refractivity contribution in [3.05, 3.63) is 53.3 Å². The number of imide groups is 1. The largest absolute Gasteiger partial charge is 0.397 e. The predicted molar refractivity (Wildman–Crippen MR) is 179 cm³/mol. The van der Waals surface area contributed by atoms with E-state index in [0.717, 1.165) is 80.5 Å². The molecule has 45 heavy (non-hydrogen) atoms. The third-order valence-electron chi connectivity index (χ3n) is 9.31. The van der Waals surface area contributed by atoms with Gasteiger partial charge in [0.15, 0.2) is 5.82 Å². The molecule has 238 valence electrons. The van der Waals surface area contributed by atoms with E-state index in [9.17, 15) is 9.59 Å². The minimum Gasteiger partial charge on any atom is -0.397 e. The number of rotatable bonds is 8. The average molecular weight is 650 g/mol. The molecule has 1 aromatic carbocycles. The molecule has 1 unspecified atom stereocenters. The Morgan fingerprint density at radius 2 is 1.80 bits per heavy atom. The van der Waals surface area contributed by atoms with Gasteiger partial charge in [0.2, 0.25) is 11.8 Å². The van der Waals surface area contributed by atoms with Crippen LogP contribution in [0.15, 0.2) is 52.6 Å². The van der Waals surface area contributed by atoms with Gasteiger partial charge in [0.25, 0.3) is 0 Å². The lowest BCUT2D eigenvalue weighted by molar-refractivity contribution is -0.134. The summed E-state index contributed by atoms with van der Waals surface area (Å²) >= 11 is 7.71. The van der Waals surface area contributed by atoms with Crippen molar-refractivity contribution in [3.8, 4) is 0 Å². The zero-order chi connectivity index (χ0) is 31.6. The number of nitrogens with two attached hydrogens (primary N) is 2. The van der Waals surface area contributed by atoms with E-state index in [4.69, 9.17) is 23.1 Å². The third kappa shape index (κ3) is 7.29. The molecule has 0 spiro atoms. The van der Waals surface area contributed by atoms with Gasteiger partial charge in [0.1, 0.15) is 16.7 Å². The first-order valence-electron chi connectivity index (χ1n) is 15.6. The summed E-state index contributed by atoms with van der Waals surface area (Å²) in [6, 6.07) is 9.42. The predicted octanol–water partition coefficient (Wildman–Crippen LogP) is 4.23. The van der Waals surface area contributed by atoms with Gasteiger partial charge in [-0.15, -0.1) is 0 Å². The molecule has 0 aliphatic carbocycles. The van der Waals surface area contributed by atoms with E-state index in [1.165, 1.54) is 11.8 Å². The Bertz CT molecular complexity index is 1560. The number of carbonyl (C=O) groups excluding carboxylic acids is 2. The maximum atomic E-state index is 12.4. The normalized spacial score (nSPS) is 20.7. The molecule has 5 heterocycles. The van der Waals surface area contributed by atoms with E-state index in [-0.39, 0.29) is 23.3 Å². The van der Waals surface area contributed by atoms with Crippen LogP contribution in [0.1, 0.15) is 56.9 Å². The first kappa shape index (κ1) is 31.4. The minimum absolute atomic E-state index is 0.0598. The molecule has 6 N–H and O–H groups in total. The highest BCUT2D eigenvalue weighted by Gasteiger charge is 2.32. The Labute approximate surface area is 272 Å². The topological polar surface area (TPSA) is 155 Å². The number of benzene rings is 1. The van der Waals surface area contributed by atoms with Crippen LogP contribution in [-0.4, -0.2) is 65.0 Å². The molecule has 13 heteroatoms. The number of anilines is 4. The Hall–Kier alpha value is -3.61. The molecular formula is C32H40ClN9O2S. The number of halogens is 1. The van der Waals surface area contributed by atoms with E-state index in [1.54, 1.807) is 18.5 Å². The van der Waals surface area contributed by atoms with Crippen LogP contribution in [0.25, 0.3) is 0 Å². The molecule has 2 aromatic heterocycles. The number of carbonyl (C=O) groups is 2. The van der Waals surface area contributed by atoms with Crippen LogP contribution in [0.4, 0.5) is 23.1 Å². The van der Waals surface area contributed by atoms with Crippen LogP contribution in [0.3, 0.4) is 0 Å². The first-order chi connectivity index (χ1) is 21.7. The number of amides is 2. The van der Waals surface area contributed by atoms with Crippen LogP contribution in [0.5, 0.6) is 0 Å². The summed E-state index contributed by atoms with van der Waals surface area (Å²) in [5.41, 5.74) is 13.7. The van der Waals surface area contributed by atoms with E-state index >= 15 is 0 Å². The fourth-order valence-corrected chi connectivity index (χ4v) is 7.38. The standard InChI is InChI=1S/C32H40ClN9O2S/c1-32(10-15-42(16-11-32)26-19-37-31(29(35)39-26)45-24-4-2-3-23(34)28(24)33)38-18-20-8-13-41(14-9-20)25-17-21(7-12-36-25)22-5-6-27(43)40-30(22)44/h2-4,7,12,17,19-20,22,38H,5-6,8-11,13-16,18,34H2,1H3,(H2,35,39)(H,40,43,44). The summed E-state index contributed by atoms with van der Waals surface area (Å²) in [6.45, 7) is 6.91. The maximum absolute atomic E-state index is 12.4. The molecule has 0 saturated carbocycles. The SMILES string of the molecule is CC1(NCC2CCN(c3cc(C4CCC(=O)NC4=O)ccn3)CC2)CCN(c2cnc(Sc3cccc(N)c3Cl)c(N)n2)CC1. The summed E-state index contributed by atoms with van der Waals surface area (Å²) in [6.07, 6.45) is 8.66. The van der Waals surface area contributed by atoms with Crippen LogP contribution in [0.2, 0.25) is 5.02 Å². The quantitative estimate of drug-likeness (QED) is 0.205. The van der Waals surface area contributed by atoms with Crippen LogP contribution < -0.4 is 31.9 Å². The fourth-order valence-electron chi connectivity index (χ4n) is 6.32. The highest BCUT2D eigenvalue weighted by molar-refractivity contribution is 7.99. The van der Waals surface area contributed by atoms with E-state index in [2.05, 4.69) is 42.3 Å². The van der Waals surface area contributed by atoms with Gasteiger partial charge in [-0.05, 0) is 81.3 Å². The number of hydrogen-bond donors (Lipinski definition) is 4. The molecule has 6 rings (SSSR count). The van der Waals surface area contributed by atoms with Crippen molar-refractivity contribution >= 4 is 58.3 Å². The lowest BCUT2D eigenvalue weighted by Gasteiger charge is -2.42. The number of piperidine rings is 3. The van der Waals surface area contributed by atoms with Crippen LogP contribution >= 0.6 is 23.4 Å². The summed E-state index contributed by atoms with van der Waals surface area (Å²) in [5, 5.41) is 7.46. The van der Waals surface area contributed by atoms with Crippen LogP contribution in [-0.2, 0) is 9.59 Å². The summed E-state index contributed by atoms with van der Waals surface area (Å²) < 4.78 is 0. The number of hydrogen-bond acceptors (Lipinski definition) is 11. The van der Waals surface area contributed by atoms with Gasteiger partial charge >= 0.3 is 0 Å². The number of pyridine rings is 1. The first-order valence-corrected chi connectivity index (χ1v) is 16.8. The molecule has 3 aliphatic heterocycles. The molecule has 3 fully saturated rings. The second-order valence-corrected chi connectivity index (χ2v) is 13.9. The molecule has 0 radical (unpaired) electrons. The minimum atomic E-state index is -0.291. The number of aromatic nitrogens is 3. The Morgan fingerprint density at radius 1 is 1.04 bits per heavy atom. The van der Waals surface area contributed by atoms with Crippen molar-refractivity contribution in [2.24, 2.45) is 5.92 Å². The zero-order valence-electron chi connectivity index (χ0n) is 25.5. The fraction of sp³-hybridized carbons (Fsp3) is 0.469. The van der Waals surface area contributed by atoms with Crippen molar-refractivity contribution in [3.63, 3.8) is 0 Å². The van der Waals surface area contributed by atoms with E-state index in [1.807, 2.05) is 24.3 Å². The molecule has 11 nitrogen and oxygen atoms in total. The zero-order valence-corrected chi connectivity index (χ0v) is 27.0. The van der Waals surface area contributed by atoms with Gasteiger partial charge in [0, 0.05) is 49.2 Å². The summed E-state index contributed by atoms with van der Waals surface area (Å²) in [5.74, 6) is 1.98. The lowest BCUT2D eigenvalue weighted by atomic mass is 9.88. The average Bonchev–Trinajstić information content (AvgIpc) is 3.04. The lowest BCUT2D eigenvalue weighted by Crippen LogP contribution is -2.53. The molecular weight excluding hydrogens is 610 g/mol. The van der Waals surface area contributed by atoms with Crippen molar-refractivity contribution in [1.82, 2.24) is 25.6 Å². The molecule has 3 saturated heterocycles. The highest BCUT2D eigenvalue weighted by Crippen LogP contribution is 2.38. The van der Waals surface area contributed by atoms with Crippen molar-refractivity contribution in [2.45, 2.75) is 66.8 Å². The highest BCUT2D eigenvalue weighted by atomic mass is 35.5. The van der Waals surface area contributed by atoms with E-state index in [0.29, 0.717) is 40.3 Å². The van der Waals surface area contributed by atoms with Crippen molar-refractivity contribution in [2.75, 3.05) is 54.0 Å². The van der Waals surface area contributed by atoms with Gasteiger partial charge in [-0.2, -0.15) is 0 Å². The van der Waals surface area contributed by atoms with E-state index < -0.39 is 0 Å². The molecule has 3 aromatic rings. The van der Waals surface area contributed by atoms with Gasteiger partial charge in [0.05, 0.1) is 22.8 Å². The summed E-state index contributed by atoms with van der Waals surface area (Å²) in [4.78, 5) is 43.1. The van der Waals surface area contributed by atoms with Crippen LogP contribution in [0, 0.1) is 5.92 Å². The van der Waals surface area contributed by atoms with Crippen molar-refractivity contribution in [1.29, 1.82) is 0 Å². The third-order valence-corrected chi connectivity index (χ3v) is 10.9. The molecule has 0 bridgehead atoms. The number of nitrogens with one attached hydrogen (secondary N) is 2. The molecule has 3 aliphatic rings. The Balaban J connectivity index is 0.966. The van der Waals surface area contributed by atoms with Gasteiger partial charge in [-0.1, -0.05) is 29.4 Å². The maximum Gasteiger partial charge on any atom is 0.234 e. The van der Waals surface area contributed by atoms with Crippen molar-refractivity contribution < 1.29 is 9.59 Å². The second-order valence-electron chi connectivity index (χ2n) is 12.5.